The lowest BCUT2D eigenvalue weighted by Crippen LogP contribution is -2.41. The van der Waals surface area contributed by atoms with Crippen molar-refractivity contribution in [2.45, 2.75) is 16.4 Å². The van der Waals surface area contributed by atoms with E-state index in [0.717, 1.165) is 29.2 Å². The lowest BCUT2D eigenvalue weighted by Gasteiger charge is -2.31. The number of morpholine rings is 1. The monoisotopic (exact) mass is 496 g/mol. The summed E-state index contributed by atoms with van der Waals surface area (Å²) in [5, 5.41) is 20.1. The maximum atomic E-state index is 13.3. The quantitative estimate of drug-likeness (QED) is 0.326. The summed E-state index contributed by atoms with van der Waals surface area (Å²) in [5.74, 6) is -2.75. The van der Waals surface area contributed by atoms with Crippen molar-refractivity contribution in [2.24, 2.45) is 0 Å². The number of pyridine rings is 1. The van der Waals surface area contributed by atoms with Crippen LogP contribution in [0.2, 0.25) is 0 Å². The second-order valence-corrected chi connectivity index (χ2v) is 8.57. The number of carboxylic acid groups (broad SMARTS) is 2. The second kappa shape index (κ2) is 13.4. The van der Waals surface area contributed by atoms with E-state index in [0.29, 0.717) is 18.8 Å². The Kier molecular flexibility index (Phi) is 9.97. The summed E-state index contributed by atoms with van der Waals surface area (Å²) in [7, 11) is 0. The van der Waals surface area contributed by atoms with Gasteiger partial charge in [-0.05, 0) is 29.3 Å². The first-order valence-electron chi connectivity index (χ1n) is 10.8. The Bertz CT molecular complexity index is 1120. The van der Waals surface area contributed by atoms with E-state index in [2.05, 4.69) is 34.6 Å². The Labute approximate surface area is 206 Å². The second-order valence-electron chi connectivity index (χ2n) is 7.44. The van der Waals surface area contributed by atoms with Crippen LogP contribution in [0.3, 0.4) is 0 Å². The van der Waals surface area contributed by atoms with Gasteiger partial charge in [-0.25, -0.2) is 19.0 Å². The molecule has 2 aromatic carbocycles. The first-order valence-corrected chi connectivity index (χ1v) is 11.7. The topological polar surface area (TPSA) is 109 Å². The summed E-state index contributed by atoms with van der Waals surface area (Å²) in [6.45, 7) is 2.40. The van der Waals surface area contributed by atoms with Gasteiger partial charge in [0, 0.05) is 37.0 Å². The first kappa shape index (κ1) is 26.1. The average molecular weight is 497 g/mol. The molecule has 2 heterocycles. The van der Waals surface area contributed by atoms with Gasteiger partial charge in [-0.3, -0.25) is 0 Å². The summed E-state index contributed by atoms with van der Waals surface area (Å²) >= 11 is 1.70. The summed E-state index contributed by atoms with van der Waals surface area (Å²) in [4.78, 5) is 23.7. The zero-order valence-electron chi connectivity index (χ0n) is 18.7. The number of halogens is 1. The van der Waals surface area contributed by atoms with Crippen LogP contribution < -0.4 is 5.32 Å². The maximum absolute atomic E-state index is 13.3. The first-order chi connectivity index (χ1) is 16.9. The summed E-state index contributed by atoms with van der Waals surface area (Å²) in [6, 6.07) is 20.9. The van der Waals surface area contributed by atoms with E-state index < -0.39 is 11.9 Å². The fraction of sp³-hybridized carbons (Fsp3) is 0.192. The number of aliphatic carboxylic acids is 2. The van der Waals surface area contributed by atoms with Gasteiger partial charge in [-0.2, -0.15) is 0 Å². The molecule has 0 spiro atoms. The fourth-order valence-corrected chi connectivity index (χ4v) is 4.67. The Balaban J connectivity index is 0.000000371. The van der Waals surface area contributed by atoms with Crippen LogP contribution in [0, 0.1) is 5.82 Å². The van der Waals surface area contributed by atoms with Crippen molar-refractivity contribution in [1.82, 2.24) is 10.3 Å². The SMILES string of the molecule is Fc1ccc(-c2cccnc2S[C@@H](c2ccccc2)[C@@H]2CNCCO2)cc1.O=C(O)/C=C/C(=O)O. The van der Waals surface area contributed by atoms with Gasteiger partial charge in [0.15, 0.2) is 0 Å². The molecule has 1 aliphatic heterocycles. The predicted molar refractivity (Wildman–Crippen MR) is 132 cm³/mol. The Hall–Kier alpha value is -3.53. The fourth-order valence-electron chi connectivity index (χ4n) is 3.38. The highest BCUT2D eigenvalue weighted by atomic mass is 32.2. The van der Waals surface area contributed by atoms with Crippen LogP contribution >= 0.6 is 11.8 Å². The van der Waals surface area contributed by atoms with E-state index in [1.54, 1.807) is 30.1 Å². The molecule has 1 aliphatic rings. The van der Waals surface area contributed by atoms with Gasteiger partial charge in [0.05, 0.1) is 18.0 Å². The minimum absolute atomic E-state index is 0.0641. The molecule has 1 saturated heterocycles. The largest absolute Gasteiger partial charge is 0.478 e. The molecule has 3 aromatic rings. The molecule has 7 nitrogen and oxygen atoms in total. The van der Waals surface area contributed by atoms with Crippen molar-refractivity contribution in [2.75, 3.05) is 19.7 Å². The van der Waals surface area contributed by atoms with Crippen LogP contribution in [0.25, 0.3) is 11.1 Å². The van der Waals surface area contributed by atoms with E-state index in [4.69, 9.17) is 14.9 Å². The van der Waals surface area contributed by atoms with Crippen LogP contribution in [0.4, 0.5) is 4.39 Å². The maximum Gasteiger partial charge on any atom is 0.328 e. The Morgan fingerprint density at radius 2 is 1.71 bits per heavy atom. The molecule has 3 N–H and O–H groups in total. The van der Waals surface area contributed by atoms with E-state index >= 15 is 0 Å². The van der Waals surface area contributed by atoms with E-state index in [1.165, 1.54) is 17.7 Å². The molecule has 9 heteroatoms. The van der Waals surface area contributed by atoms with Crippen LogP contribution in [-0.2, 0) is 14.3 Å². The molecule has 2 atom stereocenters. The molecule has 0 saturated carbocycles. The number of benzene rings is 2. The van der Waals surface area contributed by atoms with Crippen molar-refractivity contribution in [1.29, 1.82) is 0 Å². The van der Waals surface area contributed by atoms with Crippen molar-refractivity contribution in [3.63, 3.8) is 0 Å². The van der Waals surface area contributed by atoms with Gasteiger partial charge in [0.1, 0.15) is 10.8 Å². The highest BCUT2D eigenvalue weighted by molar-refractivity contribution is 7.99. The van der Waals surface area contributed by atoms with Crippen molar-refractivity contribution >= 4 is 23.7 Å². The lowest BCUT2D eigenvalue weighted by molar-refractivity contribution is -0.134. The van der Waals surface area contributed by atoms with E-state index in [-0.39, 0.29) is 17.2 Å². The summed E-state index contributed by atoms with van der Waals surface area (Å²) < 4.78 is 19.4. The summed E-state index contributed by atoms with van der Waals surface area (Å²) in [6.07, 6.45) is 2.98. The van der Waals surface area contributed by atoms with Crippen molar-refractivity contribution in [3.8, 4) is 11.1 Å². The molecule has 1 aromatic heterocycles. The normalized spacial score (nSPS) is 16.2. The Morgan fingerprint density at radius 3 is 2.31 bits per heavy atom. The zero-order valence-corrected chi connectivity index (χ0v) is 19.5. The smallest absolute Gasteiger partial charge is 0.328 e. The molecule has 0 aliphatic carbocycles. The zero-order chi connectivity index (χ0) is 25.0. The van der Waals surface area contributed by atoms with Gasteiger partial charge >= 0.3 is 11.9 Å². The molecule has 4 rings (SSSR count). The minimum Gasteiger partial charge on any atom is -0.478 e. The van der Waals surface area contributed by atoms with Crippen LogP contribution in [0.1, 0.15) is 10.8 Å². The number of thioether (sulfide) groups is 1. The highest BCUT2D eigenvalue weighted by Crippen LogP contribution is 2.42. The number of aromatic nitrogens is 1. The number of rotatable bonds is 7. The molecular weight excluding hydrogens is 471 g/mol. The third kappa shape index (κ3) is 8.32. The number of nitrogens with one attached hydrogen (secondary N) is 1. The molecule has 1 fully saturated rings. The van der Waals surface area contributed by atoms with E-state index in [1.807, 2.05) is 18.2 Å². The Morgan fingerprint density at radius 1 is 1.03 bits per heavy atom. The average Bonchev–Trinajstić information content (AvgIpc) is 2.88. The van der Waals surface area contributed by atoms with Gasteiger partial charge in [-0.15, -0.1) is 0 Å². The van der Waals surface area contributed by atoms with Crippen molar-refractivity contribution < 1.29 is 28.9 Å². The van der Waals surface area contributed by atoms with Gasteiger partial charge in [0.2, 0.25) is 0 Å². The number of nitrogens with zero attached hydrogens (tertiary/aromatic N) is 1. The van der Waals surface area contributed by atoms with E-state index in [9.17, 15) is 14.0 Å². The summed E-state index contributed by atoms with van der Waals surface area (Å²) in [5.41, 5.74) is 3.18. The number of carbonyl (C=O) groups is 2. The van der Waals surface area contributed by atoms with Gasteiger partial charge in [0.25, 0.3) is 0 Å². The number of hydrogen-bond donors (Lipinski definition) is 3. The molecule has 182 valence electrons. The number of hydrogen-bond acceptors (Lipinski definition) is 6. The number of carboxylic acids is 2. The molecule has 35 heavy (non-hydrogen) atoms. The van der Waals surface area contributed by atoms with Gasteiger partial charge < -0.3 is 20.3 Å². The minimum atomic E-state index is -1.26. The van der Waals surface area contributed by atoms with Gasteiger partial charge in [-0.1, -0.05) is 60.3 Å². The molecular formula is C26H25FN2O5S. The molecule has 0 bridgehead atoms. The van der Waals surface area contributed by atoms with Crippen LogP contribution in [-0.4, -0.2) is 52.9 Å². The molecule has 0 unspecified atom stereocenters. The number of ether oxygens (including phenoxy) is 1. The lowest BCUT2D eigenvalue weighted by atomic mass is 10.1. The molecule has 0 amide bonds. The van der Waals surface area contributed by atoms with Crippen molar-refractivity contribution in [3.05, 3.63) is 96.5 Å². The molecule has 0 radical (unpaired) electrons. The third-order valence-corrected chi connectivity index (χ3v) is 6.33. The predicted octanol–water partition coefficient (Wildman–Crippen LogP) is 4.42. The van der Waals surface area contributed by atoms with Crippen LogP contribution in [0.5, 0.6) is 0 Å². The standard InChI is InChI=1S/C22H21FN2OS.C4H4O4/c23-18-10-8-16(9-11-18)19-7-4-12-25-22(19)27-21(17-5-2-1-3-6-17)20-15-24-13-14-26-20;5-3(6)1-2-4(7)8/h1-12,20-21,24H,13-15H2;1-2H,(H,5,6)(H,7,8)/b;2-1+/t20-,21-;/m0./s1. The highest BCUT2D eigenvalue weighted by Gasteiger charge is 2.28. The van der Waals surface area contributed by atoms with Crippen LogP contribution in [0.15, 0.2) is 90.1 Å². The third-order valence-electron chi connectivity index (χ3n) is 4.96.